The van der Waals surface area contributed by atoms with Crippen molar-refractivity contribution in [3.05, 3.63) is 0 Å². The second kappa shape index (κ2) is 16.1. The number of esters is 4. The zero-order chi connectivity index (χ0) is 21.4. The molecule has 0 heterocycles. The number of carbonyl (C=O) groups excluding carboxylic acids is 4. The van der Waals surface area contributed by atoms with Crippen LogP contribution in [-0.4, -0.2) is 49.1 Å². The molecule has 0 fully saturated rings. The molecule has 0 radical (unpaired) electrons. The van der Waals surface area contributed by atoms with Gasteiger partial charge in [0.25, 0.3) is 0 Å². The van der Waals surface area contributed by atoms with Crippen molar-refractivity contribution >= 4 is 23.9 Å². The number of carbonyl (C=O) groups is 4. The van der Waals surface area contributed by atoms with Crippen LogP contribution in [0.25, 0.3) is 0 Å². The minimum absolute atomic E-state index is 0.0406. The van der Waals surface area contributed by atoms with Gasteiger partial charge in [-0.25, -0.2) is 9.59 Å². The van der Waals surface area contributed by atoms with Crippen molar-refractivity contribution in [3.63, 3.8) is 0 Å². The molecule has 8 N–H and O–H groups in total. The predicted molar refractivity (Wildman–Crippen MR) is 102 cm³/mol. The molecule has 0 spiro atoms. The fourth-order valence-electron chi connectivity index (χ4n) is 2.27. The molecule has 0 unspecified atom stereocenters. The number of hydrogen-bond donors (Lipinski definition) is 4. The molecule has 0 saturated carbocycles. The monoisotopic (exact) mass is 402 g/mol. The number of unbranched alkanes of at least 4 members (excludes halogenated alkanes) is 3. The van der Waals surface area contributed by atoms with Crippen molar-refractivity contribution in [3.8, 4) is 0 Å². The van der Waals surface area contributed by atoms with Gasteiger partial charge in [-0.1, -0.05) is 12.8 Å². The fraction of sp³-hybridized carbons (Fsp3) is 0.778. The summed E-state index contributed by atoms with van der Waals surface area (Å²) in [7, 11) is 0. The van der Waals surface area contributed by atoms with Gasteiger partial charge in [-0.3, -0.25) is 9.59 Å². The smallest absolute Gasteiger partial charge is 0.330 e. The van der Waals surface area contributed by atoms with Crippen molar-refractivity contribution in [2.45, 2.75) is 76.3 Å². The number of ether oxygens (including phenoxy) is 2. The van der Waals surface area contributed by atoms with E-state index in [1.54, 1.807) is 0 Å². The van der Waals surface area contributed by atoms with E-state index >= 15 is 0 Å². The SMILES string of the molecule is NCCCC[C@H](N)C(=O)OC(=O)CCCCC(=O)OC(=O)[C@@H](N)CCCCN. The minimum Gasteiger partial charge on any atom is -0.392 e. The highest BCUT2D eigenvalue weighted by molar-refractivity contribution is 5.89. The lowest BCUT2D eigenvalue weighted by molar-refractivity contribution is -0.163. The van der Waals surface area contributed by atoms with E-state index in [1.165, 1.54) is 0 Å². The van der Waals surface area contributed by atoms with E-state index in [4.69, 9.17) is 22.9 Å². The number of hydrogen-bond acceptors (Lipinski definition) is 10. The maximum Gasteiger partial charge on any atom is 0.330 e. The maximum atomic E-state index is 11.6. The first-order valence-electron chi connectivity index (χ1n) is 9.72. The van der Waals surface area contributed by atoms with Gasteiger partial charge in [0.15, 0.2) is 0 Å². The molecule has 0 aromatic heterocycles. The van der Waals surface area contributed by atoms with Crippen molar-refractivity contribution < 1.29 is 28.7 Å². The summed E-state index contributed by atoms with van der Waals surface area (Å²) in [5.74, 6) is -2.94. The van der Waals surface area contributed by atoms with E-state index in [0.29, 0.717) is 51.6 Å². The first kappa shape index (κ1) is 26.1. The summed E-state index contributed by atoms with van der Waals surface area (Å²) in [5.41, 5.74) is 22.0. The summed E-state index contributed by atoms with van der Waals surface area (Å²) in [5, 5.41) is 0. The van der Waals surface area contributed by atoms with E-state index in [9.17, 15) is 19.2 Å². The third kappa shape index (κ3) is 13.3. The molecule has 2 atom stereocenters. The molecule has 0 bridgehead atoms. The van der Waals surface area contributed by atoms with Crippen LogP contribution in [0.2, 0.25) is 0 Å². The van der Waals surface area contributed by atoms with Crippen LogP contribution in [0, 0.1) is 0 Å². The molecule has 162 valence electrons. The Labute approximate surface area is 165 Å². The van der Waals surface area contributed by atoms with Crippen LogP contribution in [0.3, 0.4) is 0 Å². The summed E-state index contributed by atoms with van der Waals surface area (Å²) < 4.78 is 9.33. The van der Waals surface area contributed by atoms with Crippen LogP contribution < -0.4 is 22.9 Å². The van der Waals surface area contributed by atoms with Gasteiger partial charge in [0.1, 0.15) is 12.1 Å². The van der Waals surface area contributed by atoms with Crippen LogP contribution in [0.5, 0.6) is 0 Å². The van der Waals surface area contributed by atoms with Crippen molar-refractivity contribution in [1.29, 1.82) is 0 Å². The van der Waals surface area contributed by atoms with Crippen molar-refractivity contribution in [2.24, 2.45) is 22.9 Å². The van der Waals surface area contributed by atoms with Gasteiger partial charge in [0, 0.05) is 12.8 Å². The Morgan fingerprint density at radius 1 is 0.607 bits per heavy atom. The van der Waals surface area contributed by atoms with Gasteiger partial charge in [0.2, 0.25) is 0 Å². The Kier molecular flexibility index (Phi) is 15.0. The van der Waals surface area contributed by atoms with E-state index in [2.05, 4.69) is 9.47 Å². The summed E-state index contributed by atoms with van der Waals surface area (Å²) >= 11 is 0. The zero-order valence-corrected chi connectivity index (χ0v) is 16.4. The van der Waals surface area contributed by atoms with Crippen LogP contribution in [-0.2, 0) is 28.7 Å². The molecular formula is C18H34N4O6. The second-order valence-corrected chi connectivity index (χ2v) is 6.58. The highest BCUT2D eigenvalue weighted by Crippen LogP contribution is 2.07. The quantitative estimate of drug-likeness (QED) is 0.159. The van der Waals surface area contributed by atoms with Gasteiger partial charge < -0.3 is 32.4 Å². The first-order chi connectivity index (χ1) is 13.3. The third-order valence-electron chi connectivity index (χ3n) is 3.98. The molecule has 0 aliphatic rings. The molecule has 10 nitrogen and oxygen atoms in total. The van der Waals surface area contributed by atoms with E-state index < -0.39 is 36.0 Å². The summed E-state index contributed by atoms with van der Waals surface area (Å²) in [4.78, 5) is 46.5. The molecule has 0 aliphatic heterocycles. The fourth-order valence-corrected chi connectivity index (χ4v) is 2.27. The zero-order valence-electron chi connectivity index (χ0n) is 16.4. The van der Waals surface area contributed by atoms with Gasteiger partial charge in [-0.15, -0.1) is 0 Å². The van der Waals surface area contributed by atoms with E-state index in [-0.39, 0.29) is 12.8 Å². The average molecular weight is 402 g/mol. The molecule has 0 aromatic carbocycles. The molecule has 0 aromatic rings. The van der Waals surface area contributed by atoms with Crippen LogP contribution in [0.15, 0.2) is 0 Å². The maximum absolute atomic E-state index is 11.6. The Morgan fingerprint density at radius 3 is 1.29 bits per heavy atom. The van der Waals surface area contributed by atoms with Crippen LogP contribution in [0.1, 0.15) is 64.2 Å². The summed E-state index contributed by atoms with van der Waals surface area (Å²) in [6.07, 6.45) is 4.17. The average Bonchev–Trinajstić information content (AvgIpc) is 2.65. The topological polar surface area (TPSA) is 191 Å². The lowest BCUT2D eigenvalue weighted by Crippen LogP contribution is -2.34. The molecule has 28 heavy (non-hydrogen) atoms. The highest BCUT2D eigenvalue weighted by atomic mass is 16.6. The van der Waals surface area contributed by atoms with E-state index in [1.807, 2.05) is 0 Å². The molecule has 0 aliphatic carbocycles. The normalized spacial score (nSPS) is 12.9. The molecular weight excluding hydrogens is 368 g/mol. The van der Waals surface area contributed by atoms with Gasteiger partial charge in [-0.05, 0) is 51.6 Å². The Bertz CT molecular complexity index is 456. The van der Waals surface area contributed by atoms with Gasteiger partial charge >= 0.3 is 23.9 Å². The van der Waals surface area contributed by atoms with Crippen molar-refractivity contribution in [1.82, 2.24) is 0 Å². The first-order valence-corrected chi connectivity index (χ1v) is 9.72. The standard InChI is InChI=1S/C18H34N4O6/c19-11-5-3-7-13(21)17(25)27-15(23)9-1-2-10-16(24)28-18(26)14(22)8-4-6-12-20/h13-14H,1-12,19-22H2/t13-,14-/m0/s1. The summed E-state index contributed by atoms with van der Waals surface area (Å²) in [6.45, 7) is 1.02. The molecule has 10 heteroatoms. The Morgan fingerprint density at radius 2 is 0.964 bits per heavy atom. The van der Waals surface area contributed by atoms with Crippen LogP contribution >= 0.6 is 0 Å². The predicted octanol–water partition coefficient (Wildman–Crippen LogP) is -0.401. The third-order valence-corrected chi connectivity index (χ3v) is 3.98. The van der Waals surface area contributed by atoms with Gasteiger partial charge in [-0.2, -0.15) is 0 Å². The molecule has 0 rings (SSSR count). The van der Waals surface area contributed by atoms with Gasteiger partial charge in [0.05, 0.1) is 0 Å². The van der Waals surface area contributed by atoms with E-state index in [0.717, 1.165) is 12.8 Å². The van der Waals surface area contributed by atoms with Crippen LogP contribution in [0.4, 0.5) is 0 Å². The molecule has 0 saturated heterocycles. The lowest BCUT2D eigenvalue weighted by atomic mass is 10.1. The molecule has 0 amide bonds. The Hall–Kier alpha value is -1.88. The Balaban J connectivity index is 3.90. The lowest BCUT2D eigenvalue weighted by Gasteiger charge is -2.10. The minimum atomic E-state index is -0.856. The van der Waals surface area contributed by atoms with Crippen molar-refractivity contribution in [2.75, 3.05) is 13.1 Å². The number of rotatable bonds is 15. The summed E-state index contributed by atoms with van der Waals surface area (Å²) in [6, 6.07) is -1.71. The number of nitrogens with two attached hydrogens (primary N) is 4. The largest absolute Gasteiger partial charge is 0.392 e. The highest BCUT2D eigenvalue weighted by Gasteiger charge is 2.20. The second-order valence-electron chi connectivity index (χ2n) is 6.58.